The predicted molar refractivity (Wildman–Crippen MR) is 106 cm³/mol. The molecule has 26 heavy (non-hydrogen) atoms. The van der Waals surface area contributed by atoms with Crippen molar-refractivity contribution in [3.05, 3.63) is 52.0 Å². The van der Waals surface area contributed by atoms with E-state index >= 15 is 0 Å². The first-order valence-corrected chi connectivity index (χ1v) is 9.26. The zero-order valence-electron chi connectivity index (χ0n) is 15.5. The number of amides is 1. The standard InChI is InChI=1S/C20H24BrNO4/c1-5-25-19-17(21)10-15(11-18(19)24-4)20(23)22-16-8-6-7-14(9-16)12-26-13(2)3/h6-11,13H,5,12H2,1-4H3,(H,22,23). The summed E-state index contributed by atoms with van der Waals surface area (Å²) in [6, 6.07) is 11.0. The number of hydrogen-bond donors (Lipinski definition) is 1. The van der Waals surface area contributed by atoms with Crippen LogP contribution in [-0.4, -0.2) is 25.7 Å². The number of hydrogen-bond acceptors (Lipinski definition) is 4. The third-order valence-electron chi connectivity index (χ3n) is 3.55. The Morgan fingerprint density at radius 1 is 1.23 bits per heavy atom. The predicted octanol–water partition coefficient (Wildman–Crippen LogP) is 5.03. The van der Waals surface area contributed by atoms with E-state index < -0.39 is 0 Å². The summed E-state index contributed by atoms with van der Waals surface area (Å²) in [5.41, 5.74) is 2.19. The Labute approximate surface area is 162 Å². The molecule has 5 nitrogen and oxygen atoms in total. The SMILES string of the molecule is CCOc1c(Br)cc(C(=O)Nc2cccc(COC(C)C)c2)cc1OC. The quantitative estimate of drug-likeness (QED) is 0.648. The minimum Gasteiger partial charge on any atom is -0.493 e. The Morgan fingerprint density at radius 3 is 2.65 bits per heavy atom. The van der Waals surface area contributed by atoms with Gasteiger partial charge in [-0.2, -0.15) is 0 Å². The smallest absolute Gasteiger partial charge is 0.255 e. The molecule has 140 valence electrons. The highest BCUT2D eigenvalue weighted by Crippen LogP contribution is 2.36. The molecule has 0 heterocycles. The zero-order valence-corrected chi connectivity index (χ0v) is 17.1. The van der Waals surface area contributed by atoms with Gasteiger partial charge in [-0.1, -0.05) is 12.1 Å². The molecule has 0 aliphatic heterocycles. The van der Waals surface area contributed by atoms with Crippen molar-refractivity contribution in [1.82, 2.24) is 0 Å². The van der Waals surface area contributed by atoms with Crippen molar-refractivity contribution in [2.75, 3.05) is 19.0 Å². The van der Waals surface area contributed by atoms with Crippen molar-refractivity contribution in [2.24, 2.45) is 0 Å². The first kappa shape index (κ1) is 20.3. The van der Waals surface area contributed by atoms with Crippen LogP contribution in [0.2, 0.25) is 0 Å². The fraction of sp³-hybridized carbons (Fsp3) is 0.350. The van der Waals surface area contributed by atoms with Crippen LogP contribution in [0.4, 0.5) is 5.69 Å². The minimum absolute atomic E-state index is 0.155. The number of methoxy groups -OCH3 is 1. The lowest BCUT2D eigenvalue weighted by atomic mass is 10.1. The number of anilines is 1. The summed E-state index contributed by atoms with van der Waals surface area (Å²) >= 11 is 3.44. The molecule has 2 rings (SSSR count). The fourth-order valence-electron chi connectivity index (χ4n) is 2.34. The van der Waals surface area contributed by atoms with Crippen molar-refractivity contribution in [3.8, 4) is 11.5 Å². The van der Waals surface area contributed by atoms with Gasteiger partial charge in [0, 0.05) is 11.3 Å². The van der Waals surface area contributed by atoms with Gasteiger partial charge in [0.25, 0.3) is 5.91 Å². The Hall–Kier alpha value is -2.05. The number of rotatable bonds is 8. The van der Waals surface area contributed by atoms with Crippen LogP contribution < -0.4 is 14.8 Å². The second kappa shape index (κ2) is 9.59. The summed E-state index contributed by atoms with van der Waals surface area (Å²) in [5.74, 6) is 0.860. The number of carbonyl (C=O) groups is 1. The normalized spacial score (nSPS) is 10.7. The first-order chi connectivity index (χ1) is 12.4. The van der Waals surface area contributed by atoms with Crippen molar-refractivity contribution >= 4 is 27.5 Å². The van der Waals surface area contributed by atoms with Gasteiger partial charge in [-0.3, -0.25) is 4.79 Å². The lowest BCUT2D eigenvalue weighted by molar-refractivity contribution is 0.0657. The Bertz CT molecular complexity index is 761. The number of ether oxygens (including phenoxy) is 3. The molecule has 0 bridgehead atoms. The van der Waals surface area contributed by atoms with Crippen LogP contribution in [0, 0.1) is 0 Å². The summed E-state index contributed by atoms with van der Waals surface area (Å²) in [6.45, 7) is 6.88. The molecule has 0 aliphatic rings. The first-order valence-electron chi connectivity index (χ1n) is 8.46. The number of carbonyl (C=O) groups excluding carboxylic acids is 1. The van der Waals surface area contributed by atoms with E-state index in [2.05, 4.69) is 21.2 Å². The summed E-state index contributed by atoms with van der Waals surface area (Å²) in [4.78, 5) is 12.6. The highest BCUT2D eigenvalue weighted by atomic mass is 79.9. The van der Waals surface area contributed by atoms with E-state index in [4.69, 9.17) is 14.2 Å². The monoisotopic (exact) mass is 421 g/mol. The molecule has 0 saturated heterocycles. The number of benzene rings is 2. The molecule has 0 spiro atoms. The van der Waals surface area contributed by atoms with E-state index in [0.717, 1.165) is 5.56 Å². The van der Waals surface area contributed by atoms with Gasteiger partial charge < -0.3 is 19.5 Å². The van der Waals surface area contributed by atoms with Gasteiger partial charge in [0.15, 0.2) is 11.5 Å². The second-order valence-corrected chi connectivity index (χ2v) is 6.79. The number of halogens is 1. The maximum absolute atomic E-state index is 12.6. The van der Waals surface area contributed by atoms with Crippen molar-refractivity contribution in [1.29, 1.82) is 0 Å². The van der Waals surface area contributed by atoms with Gasteiger partial charge in [0.2, 0.25) is 0 Å². The van der Waals surface area contributed by atoms with E-state index in [1.165, 1.54) is 0 Å². The molecule has 0 unspecified atom stereocenters. The topological polar surface area (TPSA) is 56.8 Å². The second-order valence-electron chi connectivity index (χ2n) is 5.94. The highest BCUT2D eigenvalue weighted by molar-refractivity contribution is 9.10. The molecule has 0 fully saturated rings. The van der Waals surface area contributed by atoms with Crippen molar-refractivity contribution in [2.45, 2.75) is 33.5 Å². The number of nitrogens with one attached hydrogen (secondary N) is 1. The Kier molecular flexibility index (Phi) is 7.48. The van der Waals surface area contributed by atoms with Crippen LogP contribution in [0.1, 0.15) is 36.7 Å². The zero-order chi connectivity index (χ0) is 19.1. The van der Waals surface area contributed by atoms with Crippen LogP contribution in [0.5, 0.6) is 11.5 Å². The fourth-order valence-corrected chi connectivity index (χ4v) is 2.90. The maximum Gasteiger partial charge on any atom is 0.255 e. The molecule has 0 aliphatic carbocycles. The van der Waals surface area contributed by atoms with Crippen LogP contribution in [0.15, 0.2) is 40.9 Å². The van der Waals surface area contributed by atoms with Gasteiger partial charge in [0.05, 0.1) is 30.9 Å². The summed E-state index contributed by atoms with van der Waals surface area (Å²) < 4.78 is 17.2. The van der Waals surface area contributed by atoms with Crippen LogP contribution >= 0.6 is 15.9 Å². The summed E-state index contributed by atoms with van der Waals surface area (Å²) in [7, 11) is 1.55. The van der Waals surface area contributed by atoms with E-state index in [1.807, 2.05) is 45.0 Å². The van der Waals surface area contributed by atoms with Crippen molar-refractivity contribution in [3.63, 3.8) is 0 Å². The molecule has 2 aromatic carbocycles. The lowest BCUT2D eigenvalue weighted by Gasteiger charge is -2.14. The lowest BCUT2D eigenvalue weighted by Crippen LogP contribution is -2.13. The minimum atomic E-state index is -0.228. The molecule has 6 heteroatoms. The molecule has 0 aromatic heterocycles. The molecular formula is C20H24BrNO4. The maximum atomic E-state index is 12.6. The molecular weight excluding hydrogens is 398 g/mol. The van der Waals surface area contributed by atoms with Crippen LogP contribution in [-0.2, 0) is 11.3 Å². The summed E-state index contributed by atoms with van der Waals surface area (Å²) in [6.07, 6.45) is 0.155. The van der Waals surface area contributed by atoms with Gasteiger partial charge in [-0.05, 0) is 66.5 Å². The Morgan fingerprint density at radius 2 is 2.00 bits per heavy atom. The van der Waals surface area contributed by atoms with Gasteiger partial charge in [-0.15, -0.1) is 0 Å². The van der Waals surface area contributed by atoms with Gasteiger partial charge in [-0.25, -0.2) is 0 Å². The van der Waals surface area contributed by atoms with Gasteiger partial charge >= 0.3 is 0 Å². The highest BCUT2D eigenvalue weighted by Gasteiger charge is 2.15. The Balaban J connectivity index is 2.17. The van der Waals surface area contributed by atoms with Crippen molar-refractivity contribution < 1.29 is 19.0 Å². The van der Waals surface area contributed by atoms with E-state index in [-0.39, 0.29) is 12.0 Å². The molecule has 0 atom stereocenters. The van der Waals surface area contributed by atoms with E-state index in [0.29, 0.717) is 40.4 Å². The van der Waals surface area contributed by atoms with E-state index in [9.17, 15) is 4.79 Å². The average Bonchev–Trinajstić information content (AvgIpc) is 2.61. The molecule has 1 N–H and O–H groups in total. The summed E-state index contributed by atoms with van der Waals surface area (Å²) in [5, 5.41) is 2.90. The average molecular weight is 422 g/mol. The third kappa shape index (κ3) is 5.47. The van der Waals surface area contributed by atoms with E-state index in [1.54, 1.807) is 19.2 Å². The molecule has 2 aromatic rings. The van der Waals surface area contributed by atoms with Crippen LogP contribution in [0.3, 0.4) is 0 Å². The van der Waals surface area contributed by atoms with Crippen LogP contribution in [0.25, 0.3) is 0 Å². The molecule has 0 saturated carbocycles. The van der Waals surface area contributed by atoms with Gasteiger partial charge in [0.1, 0.15) is 0 Å². The third-order valence-corrected chi connectivity index (χ3v) is 4.14. The molecule has 1 amide bonds. The molecule has 0 radical (unpaired) electrons. The largest absolute Gasteiger partial charge is 0.493 e.